The highest BCUT2D eigenvalue weighted by Gasteiger charge is 2.18. The van der Waals surface area contributed by atoms with Gasteiger partial charge in [-0.15, -0.1) is 23.7 Å². The van der Waals surface area contributed by atoms with Crippen molar-refractivity contribution in [2.45, 2.75) is 19.9 Å². The molecule has 0 aliphatic heterocycles. The van der Waals surface area contributed by atoms with Gasteiger partial charge in [-0.2, -0.15) is 0 Å². The number of nitrogens with two attached hydrogens (primary N) is 1. The Morgan fingerprint density at radius 1 is 1.13 bits per heavy atom. The van der Waals surface area contributed by atoms with E-state index in [2.05, 4.69) is 15.0 Å². The fourth-order valence-corrected chi connectivity index (χ4v) is 4.17. The van der Waals surface area contributed by atoms with Crippen LogP contribution in [0.5, 0.6) is 0 Å². The predicted molar refractivity (Wildman–Crippen MR) is 126 cm³/mol. The molecule has 0 aliphatic carbocycles. The van der Waals surface area contributed by atoms with Gasteiger partial charge in [-0.3, -0.25) is 9.79 Å². The minimum Gasteiger partial charge on any atom is -0.465 e. The van der Waals surface area contributed by atoms with E-state index in [0.717, 1.165) is 15.6 Å². The van der Waals surface area contributed by atoms with Crippen molar-refractivity contribution in [2.75, 3.05) is 12.4 Å². The maximum atomic E-state index is 12.7. The molecule has 0 saturated heterocycles. The van der Waals surface area contributed by atoms with Crippen molar-refractivity contribution in [2.24, 2.45) is 10.7 Å². The molecule has 1 amide bonds. The minimum absolute atomic E-state index is 0. The van der Waals surface area contributed by atoms with E-state index in [9.17, 15) is 9.59 Å². The largest absolute Gasteiger partial charge is 0.465 e. The number of carbonyl (C=O) groups is 2. The number of hydrogen-bond acceptors (Lipinski definition) is 5. The SMILES string of the molecule is COC(=O)c1ccc(NC(=O)c2sc3cc(C(N)=NC(C)C)ccc3c2Cl)cc1.Cl. The number of aliphatic imine (C=N–C) groups is 1. The van der Waals surface area contributed by atoms with Gasteiger partial charge in [0, 0.05) is 27.4 Å². The normalized spacial score (nSPS) is 11.3. The Morgan fingerprint density at radius 3 is 2.37 bits per heavy atom. The van der Waals surface area contributed by atoms with Crippen LogP contribution in [-0.2, 0) is 4.74 Å². The first-order valence-corrected chi connectivity index (χ1v) is 10.0. The number of carbonyl (C=O) groups excluding carboxylic acids is 2. The molecular weight excluding hydrogens is 445 g/mol. The summed E-state index contributed by atoms with van der Waals surface area (Å²) in [6.45, 7) is 3.90. The van der Waals surface area contributed by atoms with Crippen LogP contribution in [0.2, 0.25) is 5.02 Å². The summed E-state index contributed by atoms with van der Waals surface area (Å²) in [5.41, 5.74) is 7.78. The number of methoxy groups -OCH3 is 1. The first-order chi connectivity index (χ1) is 13.8. The van der Waals surface area contributed by atoms with E-state index in [1.165, 1.54) is 18.4 Å². The van der Waals surface area contributed by atoms with E-state index in [0.29, 0.717) is 27.0 Å². The molecule has 9 heteroatoms. The van der Waals surface area contributed by atoms with E-state index in [4.69, 9.17) is 17.3 Å². The maximum Gasteiger partial charge on any atom is 0.337 e. The summed E-state index contributed by atoms with van der Waals surface area (Å²) >= 11 is 7.73. The van der Waals surface area contributed by atoms with Crippen LogP contribution < -0.4 is 11.1 Å². The Hall–Kier alpha value is -2.61. The van der Waals surface area contributed by atoms with Crippen molar-refractivity contribution < 1.29 is 14.3 Å². The van der Waals surface area contributed by atoms with Crippen molar-refractivity contribution in [1.29, 1.82) is 0 Å². The number of esters is 1. The molecule has 158 valence electrons. The van der Waals surface area contributed by atoms with Gasteiger partial charge in [0.15, 0.2) is 0 Å². The molecule has 0 saturated carbocycles. The molecule has 0 unspecified atom stereocenters. The zero-order valence-corrected chi connectivity index (χ0v) is 19.0. The van der Waals surface area contributed by atoms with Gasteiger partial charge in [0.05, 0.1) is 17.7 Å². The first kappa shape index (κ1) is 23.7. The molecule has 0 fully saturated rings. The lowest BCUT2D eigenvalue weighted by Crippen LogP contribution is -2.15. The summed E-state index contributed by atoms with van der Waals surface area (Å²) in [5.74, 6) is -0.318. The van der Waals surface area contributed by atoms with Crippen molar-refractivity contribution >= 4 is 68.8 Å². The third kappa shape index (κ3) is 5.11. The number of halogens is 2. The molecule has 0 aliphatic rings. The number of anilines is 1. The van der Waals surface area contributed by atoms with Crippen LogP contribution in [-0.4, -0.2) is 30.9 Å². The lowest BCUT2D eigenvalue weighted by atomic mass is 10.1. The van der Waals surface area contributed by atoms with Gasteiger partial charge in [0.25, 0.3) is 5.91 Å². The standard InChI is InChI=1S/C21H20ClN3O3S.ClH/c1-11(2)24-19(23)13-6-9-15-16(10-13)29-18(17(15)22)20(26)25-14-7-4-12(5-8-14)21(27)28-3;/h4-11H,1-3H3,(H2,23,24)(H,25,26);1H. The predicted octanol–water partition coefficient (Wildman–Crippen LogP) is 5.13. The fraction of sp³-hybridized carbons (Fsp3) is 0.190. The zero-order valence-electron chi connectivity index (χ0n) is 16.6. The number of amidine groups is 1. The van der Waals surface area contributed by atoms with Crippen molar-refractivity contribution in [3.63, 3.8) is 0 Å². The smallest absolute Gasteiger partial charge is 0.337 e. The molecule has 0 spiro atoms. The van der Waals surface area contributed by atoms with Crippen molar-refractivity contribution in [3.8, 4) is 0 Å². The molecule has 0 atom stereocenters. The number of fused-ring (bicyclic) bond motifs is 1. The molecular formula is C21H21Cl2N3O3S. The molecule has 6 nitrogen and oxygen atoms in total. The van der Waals surface area contributed by atoms with Gasteiger partial charge < -0.3 is 15.8 Å². The van der Waals surface area contributed by atoms with Crippen LogP contribution >= 0.6 is 35.3 Å². The highest BCUT2D eigenvalue weighted by atomic mass is 35.5. The van der Waals surface area contributed by atoms with Gasteiger partial charge in [-0.05, 0) is 44.2 Å². The van der Waals surface area contributed by atoms with Gasteiger partial charge in [0.2, 0.25) is 0 Å². The molecule has 0 bridgehead atoms. The first-order valence-electron chi connectivity index (χ1n) is 8.85. The minimum atomic E-state index is -0.438. The van der Waals surface area contributed by atoms with E-state index in [1.807, 2.05) is 32.0 Å². The quantitative estimate of drug-likeness (QED) is 0.310. The van der Waals surface area contributed by atoms with Crippen LogP contribution in [0.3, 0.4) is 0 Å². The number of hydrogen-bond donors (Lipinski definition) is 2. The number of benzene rings is 2. The second-order valence-electron chi connectivity index (χ2n) is 6.59. The van der Waals surface area contributed by atoms with Gasteiger partial charge in [-0.25, -0.2) is 4.79 Å². The molecule has 0 radical (unpaired) electrons. The topological polar surface area (TPSA) is 93.8 Å². The number of rotatable bonds is 5. The summed E-state index contributed by atoms with van der Waals surface area (Å²) in [6, 6.07) is 12.1. The highest BCUT2D eigenvalue weighted by molar-refractivity contribution is 7.21. The molecule has 1 heterocycles. The molecule has 1 aromatic heterocycles. The summed E-state index contributed by atoms with van der Waals surface area (Å²) in [4.78, 5) is 29.0. The van der Waals surface area contributed by atoms with Crippen LogP contribution in [0.15, 0.2) is 47.5 Å². The second-order valence-corrected chi connectivity index (χ2v) is 8.02. The number of nitrogens with one attached hydrogen (secondary N) is 1. The third-order valence-electron chi connectivity index (χ3n) is 4.09. The second kappa shape index (κ2) is 9.93. The average molecular weight is 466 g/mol. The summed E-state index contributed by atoms with van der Waals surface area (Å²) in [5, 5.41) is 3.96. The average Bonchev–Trinajstić information content (AvgIpc) is 3.03. The monoisotopic (exact) mass is 465 g/mol. The van der Waals surface area contributed by atoms with Crippen LogP contribution in [0.4, 0.5) is 5.69 Å². The van der Waals surface area contributed by atoms with E-state index in [-0.39, 0.29) is 24.4 Å². The van der Waals surface area contributed by atoms with Gasteiger partial charge in [-0.1, -0.05) is 23.7 Å². The number of thiophene rings is 1. The van der Waals surface area contributed by atoms with Crippen LogP contribution in [0.25, 0.3) is 10.1 Å². The van der Waals surface area contributed by atoms with E-state index < -0.39 is 5.97 Å². The lowest BCUT2D eigenvalue weighted by molar-refractivity contribution is 0.0600. The molecule has 3 aromatic rings. The van der Waals surface area contributed by atoms with Crippen LogP contribution in [0.1, 0.15) is 39.4 Å². The molecule has 2 aromatic carbocycles. The van der Waals surface area contributed by atoms with Gasteiger partial charge >= 0.3 is 5.97 Å². The summed E-state index contributed by atoms with van der Waals surface area (Å²) in [6.07, 6.45) is 0. The maximum absolute atomic E-state index is 12.7. The van der Waals surface area contributed by atoms with Crippen molar-refractivity contribution in [3.05, 3.63) is 63.5 Å². The summed E-state index contributed by atoms with van der Waals surface area (Å²) in [7, 11) is 1.31. The summed E-state index contributed by atoms with van der Waals surface area (Å²) < 4.78 is 5.51. The molecule has 3 N–H and O–H groups in total. The molecule has 30 heavy (non-hydrogen) atoms. The Labute approximate surface area is 189 Å². The fourth-order valence-electron chi connectivity index (χ4n) is 2.72. The molecule has 3 rings (SSSR count). The third-order valence-corrected chi connectivity index (χ3v) is 5.75. The number of nitrogens with zero attached hydrogens (tertiary/aromatic N) is 1. The number of amides is 1. The zero-order chi connectivity index (χ0) is 21.1. The Morgan fingerprint density at radius 2 is 1.77 bits per heavy atom. The Bertz CT molecular complexity index is 1110. The number of ether oxygens (including phenoxy) is 1. The van der Waals surface area contributed by atoms with E-state index in [1.54, 1.807) is 24.3 Å². The van der Waals surface area contributed by atoms with E-state index >= 15 is 0 Å². The highest BCUT2D eigenvalue weighted by Crippen LogP contribution is 2.36. The van der Waals surface area contributed by atoms with Gasteiger partial charge in [0.1, 0.15) is 10.7 Å². The Balaban J connectivity index is 0.00000320. The van der Waals surface area contributed by atoms with Crippen LogP contribution in [0, 0.1) is 0 Å². The lowest BCUT2D eigenvalue weighted by Gasteiger charge is -2.05. The Kier molecular flexibility index (Phi) is 7.83. The van der Waals surface area contributed by atoms with Crippen molar-refractivity contribution in [1.82, 2.24) is 0 Å².